The molecule has 1 aromatic carbocycles. The summed E-state index contributed by atoms with van der Waals surface area (Å²) in [6, 6.07) is 2.82. The fourth-order valence-corrected chi connectivity index (χ4v) is 1.98. The molecule has 1 rings (SSSR count). The Balaban J connectivity index is 3.02. The molecule has 0 unspecified atom stereocenters. The highest BCUT2D eigenvalue weighted by molar-refractivity contribution is 5.92. The van der Waals surface area contributed by atoms with Crippen molar-refractivity contribution in [1.29, 1.82) is 0 Å². The van der Waals surface area contributed by atoms with Crippen molar-refractivity contribution in [3.8, 4) is 0 Å². The van der Waals surface area contributed by atoms with E-state index < -0.39 is 0 Å². The average Bonchev–Trinajstić information content (AvgIpc) is 2.43. The van der Waals surface area contributed by atoms with E-state index in [4.69, 9.17) is 0 Å². The van der Waals surface area contributed by atoms with Crippen LogP contribution in [0, 0.1) is 5.82 Å². The van der Waals surface area contributed by atoms with Gasteiger partial charge in [-0.1, -0.05) is 25.5 Å². The number of benzene rings is 1. The number of amides is 1. The molecule has 0 aromatic heterocycles. The van der Waals surface area contributed by atoms with Crippen molar-refractivity contribution >= 4 is 17.3 Å². The Kier molecular flexibility index (Phi) is 6.77. The summed E-state index contributed by atoms with van der Waals surface area (Å²) in [7, 11) is 1.75. The zero-order valence-corrected chi connectivity index (χ0v) is 12.4. The normalized spacial score (nSPS) is 10.8. The van der Waals surface area contributed by atoms with Crippen LogP contribution in [-0.2, 0) is 11.2 Å². The third kappa shape index (κ3) is 4.68. The topological polar surface area (TPSA) is 41.1 Å². The van der Waals surface area contributed by atoms with E-state index in [1.807, 2.05) is 26.0 Å². The monoisotopic (exact) mass is 278 g/mol. The fourth-order valence-electron chi connectivity index (χ4n) is 1.98. The van der Waals surface area contributed by atoms with Crippen molar-refractivity contribution in [1.82, 2.24) is 0 Å². The van der Waals surface area contributed by atoms with E-state index >= 15 is 0 Å². The molecule has 0 atom stereocenters. The molecule has 3 nitrogen and oxygen atoms in total. The maximum Gasteiger partial charge on any atom is 0.224 e. The van der Waals surface area contributed by atoms with Crippen molar-refractivity contribution in [3.05, 3.63) is 35.7 Å². The first-order valence-corrected chi connectivity index (χ1v) is 7.03. The Morgan fingerprint density at radius 2 is 2.05 bits per heavy atom. The van der Waals surface area contributed by atoms with Crippen molar-refractivity contribution in [2.75, 3.05) is 17.7 Å². The number of anilines is 2. The van der Waals surface area contributed by atoms with Gasteiger partial charge in [-0.3, -0.25) is 4.79 Å². The van der Waals surface area contributed by atoms with Crippen LogP contribution in [0.25, 0.3) is 0 Å². The van der Waals surface area contributed by atoms with Crippen LogP contribution in [0.5, 0.6) is 0 Å². The molecule has 1 aromatic rings. The molecule has 0 saturated carbocycles. The van der Waals surface area contributed by atoms with Crippen LogP contribution >= 0.6 is 0 Å². The van der Waals surface area contributed by atoms with Gasteiger partial charge in [-0.05, 0) is 31.9 Å². The molecule has 1 amide bonds. The fraction of sp³-hybridized carbons (Fsp3) is 0.438. The minimum atomic E-state index is -0.357. The van der Waals surface area contributed by atoms with Crippen molar-refractivity contribution < 1.29 is 9.18 Å². The molecule has 0 saturated heterocycles. The first-order valence-electron chi connectivity index (χ1n) is 7.03. The van der Waals surface area contributed by atoms with Crippen LogP contribution in [-0.4, -0.2) is 13.0 Å². The van der Waals surface area contributed by atoms with E-state index in [0.717, 1.165) is 18.4 Å². The van der Waals surface area contributed by atoms with Gasteiger partial charge < -0.3 is 10.6 Å². The zero-order valence-electron chi connectivity index (χ0n) is 12.4. The molecule has 20 heavy (non-hydrogen) atoms. The summed E-state index contributed by atoms with van der Waals surface area (Å²) in [4.78, 5) is 11.8. The second-order valence-corrected chi connectivity index (χ2v) is 4.65. The summed E-state index contributed by atoms with van der Waals surface area (Å²) in [6.45, 7) is 3.97. The Morgan fingerprint density at radius 1 is 1.35 bits per heavy atom. The summed E-state index contributed by atoms with van der Waals surface area (Å²) < 4.78 is 13.6. The second-order valence-electron chi connectivity index (χ2n) is 4.65. The van der Waals surface area contributed by atoms with Crippen LogP contribution in [0.15, 0.2) is 24.3 Å². The SMILES string of the molecule is C/C=C/Cc1c(NC)cc(F)cc1NC(=O)CCCC. The highest BCUT2D eigenvalue weighted by Gasteiger charge is 2.12. The molecule has 0 fully saturated rings. The molecule has 0 heterocycles. The molecule has 0 bridgehead atoms. The molecular weight excluding hydrogens is 255 g/mol. The molecule has 4 heteroatoms. The van der Waals surface area contributed by atoms with Gasteiger partial charge in [0.25, 0.3) is 0 Å². The van der Waals surface area contributed by atoms with E-state index in [0.29, 0.717) is 24.2 Å². The van der Waals surface area contributed by atoms with Crippen LogP contribution < -0.4 is 10.6 Å². The summed E-state index contributed by atoms with van der Waals surface area (Å²) in [6.07, 6.45) is 6.83. The van der Waals surface area contributed by atoms with Crippen molar-refractivity contribution in [2.45, 2.75) is 39.5 Å². The third-order valence-electron chi connectivity index (χ3n) is 3.07. The molecular formula is C16H23FN2O. The molecule has 0 aliphatic carbocycles. The number of unbranched alkanes of at least 4 members (excludes halogenated alkanes) is 1. The predicted octanol–water partition coefficient (Wildman–Crippen LogP) is 4.11. The van der Waals surface area contributed by atoms with E-state index in [9.17, 15) is 9.18 Å². The van der Waals surface area contributed by atoms with Gasteiger partial charge in [-0.25, -0.2) is 4.39 Å². The maximum atomic E-state index is 13.6. The predicted molar refractivity (Wildman–Crippen MR) is 82.6 cm³/mol. The first-order chi connectivity index (χ1) is 9.62. The zero-order chi connectivity index (χ0) is 15.0. The summed E-state index contributed by atoms with van der Waals surface area (Å²) in [5.41, 5.74) is 2.15. The van der Waals surface area contributed by atoms with Gasteiger partial charge in [0.05, 0.1) is 0 Å². The lowest BCUT2D eigenvalue weighted by atomic mass is 10.1. The lowest BCUT2D eigenvalue weighted by Gasteiger charge is -2.15. The second kappa shape index (κ2) is 8.35. The highest BCUT2D eigenvalue weighted by Crippen LogP contribution is 2.27. The number of hydrogen-bond acceptors (Lipinski definition) is 2. The van der Waals surface area contributed by atoms with Crippen molar-refractivity contribution in [2.24, 2.45) is 0 Å². The number of hydrogen-bond donors (Lipinski definition) is 2. The van der Waals surface area contributed by atoms with Crippen molar-refractivity contribution in [3.63, 3.8) is 0 Å². The molecule has 0 spiro atoms. The molecule has 110 valence electrons. The first kappa shape index (κ1) is 16.2. The number of allylic oxidation sites excluding steroid dienone is 2. The number of carbonyl (C=O) groups is 1. The third-order valence-corrected chi connectivity index (χ3v) is 3.07. The van der Waals surface area contributed by atoms with E-state index in [2.05, 4.69) is 10.6 Å². The van der Waals surface area contributed by atoms with Gasteiger partial charge in [0, 0.05) is 30.4 Å². The lowest BCUT2D eigenvalue weighted by molar-refractivity contribution is -0.116. The van der Waals surface area contributed by atoms with E-state index in [1.54, 1.807) is 7.05 Å². The molecule has 0 aliphatic rings. The Labute approximate surface area is 120 Å². The lowest BCUT2D eigenvalue weighted by Crippen LogP contribution is -2.13. The number of nitrogens with one attached hydrogen (secondary N) is 2. The Morgan fingerprint density at radius 3 is 2.65 bits per heavy atom. The Hall–Kier alpha value is -1.84. The van der Waals surface area contributed by atoms with Crippen LogP contribution in [0.3, 0.4) is 0 Å². The maximum absolute atomic E-state index is 13.6. The van der Waals surface area contributed by atoms with Gasteiger partial charge in [-0.15, -0.1) is 0 Å². The standard InChI is InChI=1S/C16H23FN2O/c1-4-6-8-13-14(18-3)10-12(17)11-15(13)19-16(20)9-7-5-2/h4,6,10-11,18H,5,7-9H2,1-3H3,(H,19,20)/b6-4+. The minimum Gasteiger partial charge on any atom is -0.388 e. The summed E-state index contributed by atoms with van der Waals surface area (Å²) >= 11 is 0. The van der Waals surface area contributed by atoms with E-state index in [-0.39, 0.29) is 11.7 Å². The number of halogens is 1. The van der Waals surface area contributed by atoms with Gasteiger partial charge in [0.15, 0.2) is 0 Å². The molecule has 2 N–H and O–H groups in total. The van der Waals surface area contributed by atoms with Crippen LogP contribution in [0.1, 0.15) is 38.7 Å². The highest BCUT2D eigenvalue weighted by atomic mass is 19.1. The van der Waals surface area contributed by atoms with Gasteiger partial charge in [-0.2, -0.15) is 0 Å². The largest absolute Gasteiger partial charge is 0.388 e. The number of carbonyl (C=O) groups excluding carboxylic acids is 1. The van der Waals surface area contributed by atoms with Gasteiger partial charge in [0.2, 0.25) is 5.91 Å². The van der Waals surface area contributed by atoms with Gasteiger partial charge >= 0.3 is 0 Å². The quantitative estimate of drug-likeness (QED) is 0.737. The smallest absolute Gasteiger partial charge is 0.224 e. The summed E-state index contributed by atoms with van der Waals surface area (Å²) in [5.74, 6) is -0.425. The van der Waals surface area contributed by atoms with Gasteiger partial charge in [0.1, 0.15) is 5.82 Å². The van der Waals surface area contributed by atoms with Crippen LogP contribution in [0.4, 0.5) is 15.8 Å². The van der Waals surface area contributed by atoms with Crippen LogP contribution in [0.2, 0.25) is 0 Å². The molecule has 0 radical (unpaired) electrons. The Bertz CT molecular complexity index is 484. The van der Waals surface area contributed by atoms with E-state index in [1.165, 1.54) is 12.1 Å². The number of rotatable bonds is 7. The summed E-state index contributed by atoms with van der Waals surface area (Å²) in [5, 5.41) is 5.79. The average molecular weight is 278 g/mol. The minimum absolute atomic E-state index is 0.0683. The molecule has 0 aliphatic heterocycles.